The van der Waals surface area contributed by atoms with Crippen LogP contribution in [-0.2, 0) is 4.79 Å². The maximum Gasteiger partial charge on any atom is 0.403 e. The van der Waals surface area contributed by atoms with Gasteiger partial charge in [0.15, 0.2) is 0 Å². The summed E-state index contributed by atoms with van der Waals surface area (Å²) in [7, 11) is 0. The molecule has 0 aliphatic carbocycles. The topological polar surface area (TPSA) is 49.3 Å². The van der Waals surface area contributed by atoms with Crippen LogP contribution in [0.2, 0.25) is 0 Å². The van der Waals surface area contributed by atoms with Gasteiger partial charge >= 0.3 is 12.1 Å². The molecule has 19 heavy (non-hydrogen) atoms. The van der Waals surface area contributed by atoms with Gasteiger partial charge in [0, 0.05) is 0 Å². The van der Waals surface area contributed by atoms with Gasteiger partial charge in [-0.2, -0.15) is 13.2 Å². The number of carbonyl (C=O) groups is 1. The number of aliphatic carboxylic acids is 1. The number of allylic oxidation sites excluding steroid dienone is 1. The Hall–Kier alpha value is -1.04. The van der Waals surface area contributed by atoms with Crippen molar-refractivity contribution in [2.45, 2.75) is 57.8 Å². The van der Waals surface area contributed by atoms with Crippen molar-refractivity contribution >= 4 is 5.97 Å². The first-order chi connectivity index (χ1) is 8.70. The van der Waals surface area contributed by atoms with Gasteiger partial charge < -0.3 is 5.11 Å². The zero-order valence-corrected chi connectivity index (χ0v) is 11.3. The van der Waals surface area contributed by atoms with E-state index in [0.29, 0.717) is 19.3 Å². The van der Waals surface area contributed by atoms with Gasteiger partial charge in [0.1, 0.15) is 12.1 Å². The van der Waals surface area contributed by atoms with Crippen molar-refractivity contribution < 1.29 is 23.1 Å². The minimum Gasteiger partial charge on any atom is -0.480 e. The quantitative estimate of drug-likeness (QED) is 0.503. The van der Waals surface area contributed by atoms with Crippen molar-refractivity contribution in [3.8, 4) is 0 Å². The van der Waals surface area contributed by atoms with Crippen molar-refractivity contribution in [1.29, 1.82) is 0 Å². The monoisotopic (exact) mass is 281 g/mol. The number of alkyl halides is 3. The molecule has 0 aliphatic heterocycles. The van der Waals surface area contributed by atoms with E-state index in [1.165, 1.54) is 0 Å². The summed E-state index contributed by atoms with van der Waals surface area (Å²) >= 11 is 0. The Labute approximate surface area is 111 Å². The van der Waals surface area contributed by atoms with Crippen LogP contribution in [0.25, 0.3) is 0 Å². The normalized spacial score (nSPS) is 15.3. The van der Waals surface area contributed by atoms with Crippen LogP contribution in [-0.4, -0.2) is 29.3 Å². The highest BCUT2D eigenvalue weighted by Crippen LogP contribution is 2.25. The summed E-state index contributed by atoms with van der Waals surface area (Å²) in [6.45, 7) is 6.67. The van der Waals surface area contributed by atoms with E-state index in [2.05, 4.69) is 11.9 Å². The molecule has 3 nitrogen and oxygen atoms in total. The second-order valence-corrected chi connectivity index (χ2v) is 4.89. The molecule has 2 N–H and O–H groups in total. The summed E-state index contributed by atoms with van der Waals surface area (Å²) < 4.78 is 38.5. The van der Waals surface area contributed by atoms with Crippen LogP contribution in [0.3, 0.4) is 0 Å². The first kappa shape index (κ1) is 18.0. The maximum absolute atomic E-state index is 12.8. The molecule has 6 heteroatoms. The molecular formula is C13H22F3NO2. The Kier molecular flexibility index (Phi) is 7.75. The summed E-state index contributed by atoms with van der Waals surface area (Å²) in [4.78, 5) is 10.9. The summed E-state index contributed by atoms with van der Waals surface area (Å²) in [6.07, 6.45) is -1.23. The Bertz CT molecular complexity index is 290. The van der Waals surface area contributed by atoms with Gasteiger partial charge in [0.05, 0.1) is 0 Å². The molecular weight excluding hydrogens is 259 g/mol. The third-order valence-electron chi connectivity index (χ3n) is 2.86. The molecule has 0 unspecified atom stereocenters. The van der Waals surface area contributed by atoms with Crippen LogP contribution in [0.5, 0.6) is 0 Å². The third kappa shape index (κ3) is 7.20. The molecule has 0 aromatic rings. The van der Waals surface area contributed by atoms with Gasteiger partial charge in [-0.25, -0.2) is 0 Å². The highest BCUT2D eigenvalue weighted by molar-refractivity contribution is 5.73. The van der Waals surface area contributed by atoms with Crippen molar-refractivity contribution in [2.24, 2.45) is 5.92 Å². The number of hydrogen-bond acceptors (Lipinski definition) is 2. The molecule has 0 saturated carbocycles. The molecule has 112 valence electrons. The Morgan fingerprint density at radius 1 is 1.37 bits per heavy atom. The number of carboxylic acids is 1. The average Bonchev–Trinajstić information content (AvgIpc) is 2.25. The van der Waals surface area contributed by atoms with Gasteiger partial charge in [-0.3, -0.25) is 10.1 Å². The molecule has 0 amide bonds. The fourth-order valence-electron chi connectivity index (χ4n) is 1.74. The van der Waals surface area contributed by atoms with Crippen molar-refractivity contribution in [3.05, 3.63) is 12.7 Å². The number of halogens is 3. The Morgan fingerprint density at radius 3 is 2.32 bits per heavy atom. The van der Waals surface area contributed by atoms with Crippen molar-refractivity contribution in [2.75, 3.05) is 0 Å². The van der Waals surface area contributed by atoms with Gasteiger partial charge in [-0.1, -0.05) is 26.3 Å². The standard InChI is InChI=1S/C13H22F3NO2/c1-4-5-6-7-8-10(13(14,15)16)17-11(9(2)3)12(18)19/h4,9-11,17H,1,5-8H2,2-3H3,(H,18,19)/t10-,11-/m0/s1. The lowest BCUT2D eigenvalue weighted by atomic mass is 10.0. The second-order valence-electron chi connectivity index (χ2n) is 4.89. The molecule has 0 aromatic carbocycles. The van der Waals surface area contributed by atoms with Gasteiger partial charge in [0.25, 0.3) is 0 Å². The predicted octanol–water partition coefficient (Wildman–Crippen LogP) is 3.36. The van der Waals surface area contributed by atoms with Crippen molar-refractivity contribution in [1.82, 2.24) is 5.32 Å². The van der Waals surface area contributed by atoms with E-state index in [9.17, 15) is 18.0 Å². The fourth-order valence-corrected chi connectivity index (χ4v) is 1.74. The highest BCUT2D eigenvalue weighted by Gasteiger charge is 2.41. The zero-order valence-electron chi connectivity index (χ0n) is 11.3. The summed E-state index contributed by atoms with van der Waals surface area (Å²) in [6, 6.07) is -2.97. The number of hydrogen-bond donors (Lipinski definition) is 2. The van der Waals surface area contributed by atoms with E-state index in [1.807, 2.05) is 0 Å². The van der Waals surface area contributed by atoms with Crippen LogP contribution >= 0.6 is 0 Å². The minimum atomic E-state index is -4.43. The molecule has 0 spiro atoms. The molecule has 0 saturated heterocycles. The summed E-state index contributed by atoms with van der Waals surface area (Å²) in [5.74, 6) is -1.66. The van der Waals surface area contributed by atoms with E-state index in [0.717, 1.165) is 0 Å². The fraction of sp³-hybridized carbons (Fsp3) is 0.769. The molecule has 0 radical (unpaired) electrons. The molecule has 0 heterocycles. The van der Waals surface area contributed by atoms with E-state index < -0.39 is 30.1 Å². The van der Waals surface area contributed by atoms with Crippen LogP contribution < -0.4 is 5.32 Å². The van der Waals surface area contributed by atoms with E-state index in [4.69, 9.17) is 5.11 Å². The first-order valence-electron chi connectivity index (χ1n) is 6.36. The number of unbranched alkanes of at least 4 members (excludes halogenated alkanes) is 2. The van der Waals surface area contributed by atoms with E-state index >= 15 is 0 Å². The van der Waals surface area contributed by atoms with E-state index in [1.54, 1.807) is 19.9 Å². The minimum absolute atomic E-state index is 0.117. The SMILES string of the molecule is C=CCCCC[C@H](N[C@H](C(=O)O)C(C)C)C(F)(F)F. The number of rotatable bonds is 9. The molecule has 0 bridgehead atoms. The van der Waals surface area contributed by atoms with E-state index in [-0.39, 0.29) is 6.42 Å². The number of nitrogens with one attached hydrogen (secondary N) is 1. The van der Waals surface area contributed by atoms with Gasteiger partial charge in [0.2, 0.25) is 0 Å². The Morgan fingerprint density at radius 2 is 1.95 bits per heavy atom. The zero-order chi connectivity index (χ0) is 15.1. The lowest BCUT2D eigenvalue weighted by Crippen LogP contribution is -2.52. The molecule has 0 aromatic heterocycles. The average molecular weight is 281 g/mol. The predicted molar refractivity (Wildman–Crippen MR) is 67.9 cm³/mol. The van der Waals surface area contributed by atoms with Crippen LogP contribution in [0.15, 0.2) is 12.7 Å². The molecule has 2 atom stereocenters. The molecule has 0 fully saturated rings. The van der Waals surface area contributed by atoms with Crippen LogP contribution in [0.1, 0.15) is 39.5 Å². The summed E-state index contributed by atoms with van der Waals surface area (Å²) in [5, 5.41) is 11.1. The van der Waals surface area contributed by atoms with Gasteiger partial charge in [-0.15, -0.1) is 6.58 Å². The maximum atomic E-state index is 12.8. The third-order valence-corrected chi connectivity index (χ3v) is 2.86. The lowest BCUT2D eigenvalue weighted by Gasteiger charge is -2.27. The Balaban J connectivity index is 4.58. The van der Waals surface area contributed by atoms with Crippen LogP contribution in [0, 0.1) is 5.92 Å². The molecule has 0 rings (SSSR count). The smallest absolute Gasteiger partial charge is 0.403 e. The van der Waals surface area contributed by atoms with Gasteiger partial charge in [-0.05, 0) is 25.2 Å². The molecule has 0 aliphatic rings. The highest BCUT2D eigenvalue weighted by atomic mass is 19.4. The number of carboxylic acid groups (broad SMARTS) is 1. The van der Waals surface area contributed by atoms with Crippen LogP contribution in [0.4, 0.5) is 13.2 Å². The summed E-state index contributed by atoms with van der Waals surface area (Å²) in [5.41, 5.74) is 0. The first-order valence-corrected chi connectivity index (χ1v) is 6.36. The lowest BCUT2D eigenvalue weighted by molar-refractivity contribution is -0.164. The second kappa shape index (κ2) is 8.19. The largest absolute Gasteiger partial charge is 0.480 e. The van der Waals surface area contributed by atoms with Crippen molar-refractivity contribution in [3.63, 3.8) is 0 Å².